The number of thiazole rings is 1. The number of fused-ring (bicyclic) bond motifs is 2. The van der Waals surface area contributed by atoms with Crippen LogP contribution in [0, 0.1) is 12.7 Å². The van der Waals surface area contributed by atoms with E-state index in [1.54, 1.807) is 30.5 Å². The highest BCUT2D eigenvalue weighted by molar-refractivity contribution is 7.07. The standard InChI is InChI=1S/C33H28FN3O3S/c1-4-40-32(39)29-20(2)35-33-37(30(29)23-10-6-5-7-11-23)31(38)28(41-33)18-26-21(3)36(27-13-9-8-12-25(26)27)19-22-14-16-24(34)17-15-22/h5-18,30H,4,19H2,1-3H3/b28-18-/t30-/m0/s1. The van der Waals surface area contributed by atoms with Gasteiger partial charge in [-0.2, -0.15) is 0 Å². The van der Waals surface area contributed by atoms with Gasteiger partial charge in [-0.15, -0.1) is 0 Å². The molecule has 6 nitrogen and oxygen atoms in total. The van der Waals surface area contributed by atoms with E-state index in [0.29, 0.717) is 27.1 Å². The number of halogens is 1. The van der Waals surface area contributed by atoms with E-state index in [0.717, 1.165) is 33.3 Å². The number of nitrogens with zero attached hydrogens (tertiary/aromatic N) is 3. The minimum Gasteiger partial charge on any atom is -0.463 e. The summed E-state index contributed by atoms with van der Waals surface area (Å²) in [5.74, 6) is -0.745. The highest BCUT2D eigenvalue weighted by Gasteiger charge is 2.33. The summed E-state index contributed by atoms with van der Waals surface area (Å²) in [6.07, 6.45) is 1.92. The lowest BCUT2D eigenvalue weighted by molar-refractivity contribution is -0.139. The van der Waals surface area contributed by atoms with Gasteiger partial charge < -0.3 is 9.30 Å². The van der Waals surface area contributed by atoms with Crippen LogP contribution in [-0.2, 0) is 16.1 Å². The van der Waals surface area contributed by atoms with Crippen molar-refractivity contribution in [1.82, 2.24) is 9.13 Å². The molecule has 0 saturated carbocycles. The maximum absolute atomic E-state index is 14.1. The number of ether oxygens (including phenoxy) is 1. The molecular weight excluding hydrogens is 537 g/mol. The van der Waals surface area contributed by atoms with Crippen molar-refractivity contribution in [3.8, 4) is 0 Å². The maximum Gasteiger partial charge on any atom is 0.338 e. The number of rotatable bonds is 6. The van der Waals surface area contributed by atoms with Gasteiger partial charge in [-0.25, -0.2) is 14.2 Å². The molecule has 0 aliphatic carbocycles. The highest BCUT2D eigenvalue weighted by atomic mass is 32.1. The lowest BCUT2D eigenvalue weighted by atomic mass is 9.96. The summed E-state index contributed by atoms with van der Waals surface area (Å²) >= 11 is 1.31. The highest BCUT2D eigenvalue weighted by Crippen LogP contribution is 2.31. The number of benzene rings is 3. The molecule has 1 atom stereocenters. The molecule has 0 bridgehead atoms. The molecule has 3 aromatic carbocycles. The molecule has 41 heavy (non-hydrogen) atoms. The summed E-state index contributed by atoms with van der Waals surface area (Å²) in [7, 11) is 0. The van der Waals surface area contributed by atoms with E-state index >= 15 is 0 Å². The monoisotopic (exact) mass is 565 g/mol. The van der Waals surface area contributed by atoms with E-state index in [9.17, 15) is 14.0 Å². The van der Waals surface area contributed by atoms with E-state index in [1.807, 2.05) is 61.5 Å². The number of aromatic nitrogens is 2. The summed E-state index contributed by atoms with van der Waals surface area (Å²) in [4.78, 5) is 32.4. The third kappa shape index (κ3) is 4.74. The topological polar surface area (TPSA) is 65.6 Å². The second-order valence-corrected chi connectivity index (χ2v) is 11.0. The number of para-hydroxylation sites is 1. The van der Waals surface area contributed by atoms with E-state index in [2.05, 4.69) is 15.6 Å². The molecular formula is C33H28FN3O3S. The Morgan fingerprint density at radius 2 is 1.73 bits per heavy atom. The Kier molecular flexibility index (Phi) is 7.01. The summed E-state index contributed by atoms with van der Waals surface area (Å²) in [5, 5.41) is 1.01. The number of esters is 1. The lowest BCUT2D eigenvalue weighted by Gasteiger charge is -2.24. The Bertz CT molecular complexity index is 2000. The van der Waals surface area contributed by atoms with Crippen LogP contribution in [0.4, 0.5) is 4.39 Å². The van der Waals surface area contributed by atoms with Gasteiger partial charge in [0, 0.05) is 28.7 Å². The molecule has 6 rings (SSSR count). The molecule has 0 amide bonds. The first kappa shape index (κ1) is 26.7. The van der Waals surface area contributed by atoms with Crippen molar-refractivity contribution in [2.24, 2.45) is 4.99 Å². The van der Waals surface area contributed by atoms with Crippen molar-refractivity contribution in [3.63, 3.8) is 0 Å². The molecule has 0 radical (unpaired) electrons. The van der Waals surface area contributed by atoms with Gasteiger partial charge in [-0.1, -0.05) is 72.0 Å². The molecule has 3 heterocycles. The quantitative estimate of drug-likeness (QED) is 0.264. The van der Waals surface area contributed by atoms with Gasteiger partial charge in [-0.3, -0.25) is 9.36 Å². The fraction of sp³-hybridized carbons (Fsp3) is 0.182. The first-order chi connectivity index (χ1) is 19.9. The van der Waals surface area contributed by atoms with Gasteiger partial charge in [0.05, 0.1) is 28.5 Å². The van der Waals surface area contributed by atoms with E-state index in [1.165, 1.54) is 23.5 Å². The smallest absolute Gasteiger partial charge is 0.338 e. The van der Waals surface area contributed by atoms with Gasteiger partial charge in [0.15, 0.2) is 4.80 Å². The van der Waals surface area contributed by atoms with Crippen LogP contribution < -0.4 is 14.9 Å². The fourth-order valence-corrected chi connectivity index (χ4v) is 6.52. The van der Waals surface area contributed by atoms with Crippen molar-refractivity contribution < 1.29 is 13.9 Å². The van der Waals surface area contributed by atoms with Crippen LogP contribution >= 0.6 is 11.3 Å². The van der Waals surface area contributed by atoms with Gasteiger partial charge in [0.25, 0.3) is 5.56 Å². The Morgan fingerprint density at radius 3 is 2.46 bits per heavy atom. The first-order valence-corrected chi connectivity index (χ1v) is 14.3. The number of carbonyl (C=O) groups is 1. The third-order valence-electron chi connectivity index (χ3n) is 7.44. The first-order valence-electron chi connectivity index (χ1n) is 13.4. The van der Waals surface area contributed by atoms with E-state index < -0.39 is 12.0 Å². The largest absolute Gasteiger partial charge is 0.463 e. The van der Waals surface area contributed by atoms with Crippen LogP contribution in [0.3, 0.4) is 0 Å². The molecule has 8 heteroatoms. The average molecular weight is 566 g/mol. The zero-order chi connectivity index (χ0) is 28.7. The van der Waals surface area contributed by atoms with Crippen LogP contribution in [0.2, 0.25) is 0 Å². The Morgan fingerprint density at radius 1 is 1.02 bits per heavy atom. The third-order valence-corrected chi connectivity index (χ3v) is 8.42. The van der Waals surface area contributed by atoms with Crippen molar-refractivity contribution in [1.29, 1.82) is 0 Å². The molecule has 0 N–H and O–H groups in total. The molecule has 0 saturated heterocycles. The van der Waals surface area contributed by atoms with Gasteiger partial charge in [0.1, 0.15) is 5.82 Å². The van der Waals surface area contributed by atoms with Crippen LogP contribution in [0.5, 0.6) is 0 Å². The van der Waals surface area contributed by atoms with Crippen molar-refractivity contribution in [2.75, 3.05) is 6.61 Å². The zero-order valence-electron chi connectivity index (χ0n) is 22.9. The second kappa shape index (κ2) is 10.8. The van der Waals surface area contributed by atoms with Crippen molar-refractivity contribution in [3.05, 3.63) is 138 Å². The van der Waals surface area contributed by atoms with Gasteiger partial charge >= 0.3 is 5.97 Å². The SMILES string of the molecule is CCOC(=O)C1=C(C)N=c2s/c(=C\c3c(C)n(Cc4ccc(F)cc4)c4ccccc34)c(=O)n2[C@H]1c1ccccc1. The number of allylic oxidation sites excluding steroid dienone is 1. The second-order valence-electron chi connectivity index (χ2n) is 9.94. The summed E-state index contributed by atoms with van der Waals surface area (Å²) in [6.45, 7) is 6.37. The molecule has 206 valence electrons. The molecule has 1 aliphatic rings. The summed E-state index contributed by atoms with van der Waals surface area (Å²) in [5.41, 5.74) is 5.43. The van der Waals surface area contributed by atoms with E-state index in [4.69, 9.17) is 4.74 Å². The van der Waals surface area contributed by atoms with Gasteiger partial charge in [0.2, 0.25) is 0 Å². The molecule has 0 fully saturated rings. The molecule has 5 aromatic rings. The number of hydrogen-bond donors (Lipinski definition) is 0. The summed E-state index contributed by atoms with van der Waals surface area (Å²) in [6, 6.07) is 23.4. The van der Waals surface area contributed by atoms with Gasteiger partial charge in [-0.05, 0) is 56.2 Å². The number of hydrogen-bond acceptors (Lipinski definition) is 5. The molecule has 0 unspecified atom stereocenters. The van der Waals surface area contributed by atoms with Crippen molar-refractivity contribution >= 4 is 34.3 Å². The lowest BCUT2D eigenvalue weighted by Crippen LogP contribution is -2.39. The fourth-order valence-electron chi connectivity index (χ4n) is 5.49. The minimum atomic E-state index is -0.644. The summed E-state index contributed by atoms with van der Waals surface area (Å²) < 4.78 is 23.2. The molecule has 0 spiro atoms. The maximum atomic E-state index is 14.1. The minimum absolute atomic E-state index is 0.216. The van der Waals surface area contributed by atoms with Crippen LogP contribution in [-0.4, -0.2) is 21.7 Å². The number of carbonyl (C=O) groups excluding carboxylic acids is 1. The molecule has 2 aromatic heterocycles. The van der Waals surface area contributed by atoms with Crippen molar-refractivity contribution in [2.45, 2.75) is 33.4 Å². The Labute approximate surface area is 240 Å². The van der Waals surface area contributed by atoms with Crippen LogP contribution in [0.15, 0.2) is 99.9 Å². The van der Waals surface area contributed by atoms with Crippen LogP contribution in [0.25, 0.3) is 17.0 Å². The van der Waals surface area contributed by atoms with Crippen LogP contribution in [0.1, 0.15) is 42.3 Å². The Hall–Kier alpha value is -4.56. The molecule has 1 aliphatic heterocycles. The predicted octanol–water partition coefficient (Wildman–Crippen LogP) is 5.25. The predicted molar refractivity (Wildman–Crippen MR) is 159 cm³/mol. The average Bonchev–Trinajstić information content (AvgIpc) is 3.42. The van der Waals surface area contributed by atoms with E-state index in [-0.39, 0.29) is 18.0 Å². The normalized spacial score (nSPS) is 15.2. The zero-order valence-corrected chi connectivity index (χ0v) is 23.7. The Balaban J connectivity index is 1.54.